The van der Waals surface area contributed by atoms with Crippen molar-refractivity contribution in [2.24, 2.45) is 0 Å². The van der Waals surface area contributed by atoms with Crippen molar-refractivity contribution in [3.05, 3.63) is 54.4 Å². The quantitative estimate of drug-likeness (QED) is 0.792. The van der Waals surface area contributed by atoms with Crippen molar-refractivity contribution >= 4 is 5.91 Å². The van der Waals surface area contributed by atoms with Crippen molar-refractivity contribution in [1.82, 2.24) is 9.55 Å². The molecule has 3 nitrogen and oxygen atoms in total. The van der Waals surface area contributed by atoms with Crippen LogP contribution in [0.1, 0.15) is 16.8 Å². The Morgan fingerprint density at radius 1 is 1.44 bits per heavy atom. The Balaban J connectivity index is 1.95. The van der Waals surface area contributed by atoms with Gasteiger partial charge in [-0.3, -0.25) is 9.36 Å². The lowest BCUT2D eigenvalue weighted by Crippen LogP contribution is -2.09. The summed E-state index contributed by atoms with van der Waals surface area (Å²) in [5, 5.41) is 0. The summed E-state index contributed by atoms with van der Waals surface area (Å²) in [6.45, 7) is 0. The van der Waals surface area contributed by atoms with Crippen molar-refractivity contribution in [3.63, 3.8) is 0 Å². The lowest BCUT2D eigenvalue weighted by molar-refractivity contribution is 0.0903. The molecular weight excluding hydrogens is 207 g/mol. The second-order valence-corrected chi connectivity index (χ2v) is 3.49. The maximum atomic E-state index is 12.9. The van der Waals surface area contributed by atoms with Gasteiger partial charge in [0.2, 0.25) is 5.91 Å². The van der Waals surface area contributed by atoms with E-state index in [4.69, 9.17) is 0 Å². The van der Waals surface area contributed by atoms with Gasteiger partial charge >= 0.3 is 0 Å². The fourth-order valence-electron chi connectivity index (χ4n) is 1.48. The minimum absolute atomic E-state index is 0.0400. The summed E-state index contributed by atoms with van der Waals surface area (Å²) in [4.78, 5) is 15.4. The van der Waals surface area contributed by atoms with Gasteiger partial charge in [0.05, 0.1) is 0 Å². The zero-order valence-corrected chi connectivity index (χ0v) is 8.64. The molecule has 0 aliphatic rings. The Kier molecular flexibility index (Phi) is 3.10. The van der Waals surface area contributed by atoms with E-state index in [1.807, 2.05) is 6.07 Å². The number of benzene rings is 1. The molecule has 2 aromatic rings. The summed E-state index contributed by atoms with van der Waals surface area (Å²) in [5.41, 5.74) is 0.827. The lowest BCUT2D eigenvalue weighted by atomic mass is 10.1. The number of aromatic nitrogens is 2. The van der Waals surface area contributed by atoms with E-state index in [9.17, 15) is 9.18 Å². The summed E-state index contributed by atoms with van der Waals surface area (Å²) in [7, 11) is 0. The van der Waals surface area contributed by atoms with Gasteiger partial charge in [0.1, 0.15) is 12.1 Å². The highest BCUT2D eigenvalue weighted by Gasteiger charge is 2.04. The van der Waals surface area contributed by atoms with Crippen LogP contribution in [0.15, 0.2) is 43.0 Å². The van der Waals surface area contributed by atoms with Crippen LogP contribution in [0.25, 0.3) is 0 Å². The standard InChI is InChI=1S/C12H11FN2O/c13-11-3-1-2-10(8-11)4-5-12(16)15-7-6-14-9-15/h1-3,6-9H,4-5H2. The highest BCUT2D eigenvalue weighted by atomic mass is 19.1. The third-order valence-corrected chi connectivity index (χ3v) is 2.31. The molecule has 2 rings (SSSR count). The topological polar surface area (TPSA) is 34.9 Å². The van der Waals surface area contributed by atoms with Crippen molar-refractivity contribution in [2.75, 3.05) is 0 Å². The number of imidazole rings is 1. The molecule has 0 spiro atoms. The molecule has 4 heteroatoms. The molecular formula is C12H11FN2O. The third-order valence-electron chi connectivity index (χ3n) is 2.31. The first-order valence-electron chi connectivity index (χ1n) is 5.01. The highest BCUT2D eigenvalue weighted by molar-refractivity contribution is 5.78. The van der Waals surface area contributed by atoms with Gasteiger partial charge in [-0.25, -0.2) is 9.37 Å². The fourth-order valence-corrected chi connectivity index (χ4v) is 1.48. The second-order valence-electron chi connectivity index (χ2n) is 3.49. The molecule has 0 bridgehead atoms. The number of halogens is 1. The van der Waals surface area contributed by atoms with Gasteiger partial charge in [-0.15, -0.1) is 0 Å². The van der Waals surface area contributed by atoms with Crippen molar-refractivity contribution in [2.45, 2.75) is 12.8 Å². The van der Waals surface area contributed by atoms with E-state index in [1.165, 1.54) is 23.0 Å². The van der Waals surface area contributed by atoms with Crippen LogP contribution in [0, 0.1) is 5.82 Å². The number of rotatable bonds is 3. The normalized spacial score (nSPS) is 10.3. The SMILES string of the molecule is O=C(CCc1cccc(F)c1)n1ccnc1. The van der Waals surface area contributed by atoms with Crippen molar-refractivity contribution in [3.8, 4) is 0 Å². The maximum Gasteiger partial charge on any atom is 0.232 e. The summed E-state index contributed by atoms with van der Waals surface area (Å²) in [5.74, 6) is -0.311. The zero-order chi connectivity index (χ0) is 11.4. The van der Waals surface area contributed by atoms with Gasteiger partial charge in [0.15, 0.2) is 0 Å². The number of carbonyl (C=O) groups is 1. The molecule has 0 atom stereocenters. The molecule has 0 fully saturated rings. The number of hydrogen-bond acceptors (Lipinski definition) is 2. The van der Waals surface area contributed by atoms with Gasteiger partial charge in [-0.1, -0.05) is 12.1 Å². The van der Waals surface area contributed by atoms with E-state index >= 15 is 0 Å². The predicted molar refractivity (Wildman–Crippen MR) is 57.6 cm³/mol. The van der Waals surface area contributed by atoms with E-state index in [0.717, 1.165) is 5.56 Å². The van der Waals surface area contributed by atoms with Crippen LogP contribution in [0.3, 0.4) is 0 Å². The number of carbonyl (C=O) groups excluding carboxylic acids is 1. The molecule has 0 radical (unpaired) electrons. The van der Waals surface area contributed by atoms with Crippen LogP contribution in [-0.4, -0.2) is 15.5 Å². The molecule has 0 unspecified atom stereocenters. The number of aryl methyl sites for hydroxylation is 1. The van der Waals surface area contributed by atoms with E-state index in [1.54, 1.807) is 18.5 Å². The Bertz CT molecular complexity index is 480. The van der Waals surface area contributed by atoms with Crippen LogP contribution in [0.5, 0.6) is 0 Å². The minimum atomic E-state index is -0.271. The molecule has 1 aromatic heterocycles. The maximum absolute atomic E-state index is 12.9. The van der Waals surface area contributed by atoms with Crippen LogP contribution >= 0.6 is 0 Å². The van der Waals surface area contributed by atoms with E-state index < -0.39 is 0 Å². The van der Waals surface area contributed by atoms with Crippen LogP contribution in [-0.2, 0) is 6.42 Å². The number of hydrogen-bond donors (Lipinski definition) is 0. The van der Waals surface area contributed by atoms with Gasteiger partial charge in [0.25, 0.3) is 0 Å². The van der Waals surface area contributed by atoms with Gasteiger partial charge in [0, 0.05) is 18.8 Å². The Hall–Kier alpha value is -1.97. The smallest absolute Gasteiger partial charge is 0.232 e. The van der Waals surface area contributed by atoms with Crippen LogP contribution in [0.4, 0.5) is 4.39 Å². The number of nitrogens with zero attached hydrogens (tertiary/aromatic N) is 2. The molecule has 0 amide bonds. The lowest BCUT2D eigenvalue weighted by Gasteiger charge is -2.01. The zero-order valence-electron chi connectivity index (χ0n) is 8.64. The van der Waals surface area contributed by atoms with Gasteiger partial charge in [-0.2, -0.15) is 0 Å². The Labute approximate surface area is 92.5 Å². The summed E-state index contributed by atoms with van der Waals surface area (Å²) in [6, 6.07) is 6.29. The molecule has 82 valence electrons. The second kappa shape index (κ2) is 4.70. The van der Waals surface area contributed by atoms with Gasteiger partial charge < -0.3 is 0 Å². The van der Waals surface area contributed by atoms with Crippen LogP contribution in [0.2, 0.25) is 0 Å². The average Bonchev–Trinajstić information content (AvgIpc) is 2.79. The molecule has 0 N–H and O–H groups in total. The highest BCUT2D eigenvalue weighted by Crippen LogP contribution is 2.07. The van der Waals surface area contributed by atoms with Crippen molar-refractivity contribution in [1.29, 1.82) is 0 Å². The molecule has 0 aliphatic heterocycles. The van der Waals surface area contributed by atoms with Crippen molar-refractivity contribution < 1.29 is 9.18 Å². The molecule has 1 aromatic carbocycles. The summed E-state index contributed by atoms with van der Waals surface area (Å²) in [6.07, 6.45) is 5.51. The fraction of sp³-hybridized carbons (Fsp3) is 0.167. The third kappa shape index (κ3) is 2.53. The van der Waals surface area contributed by atoms with E-state index in [2.05, 4.69) is 4.98 Å². The molecule has 0 saturated carbocycles. The van der Waals surface area contributed by atoms with Gasteiger partial charge in [-0.05, 0) is 24.1 Å². The van der Waals surface area contributed by atoms with E-state index in [-0.39, 0.29) is 11.7 Å². The predicted octanol–water partition coefficient (Wildman–Crippen LogP) is 2.30. The molecule has 16 heavy (non-hydrogen) atoms. The summed E-state index contributed by atoms with van der Waals surface area (Å²) < 4.78 is 14.3. The Morgan fingerprint density at radius 3 is 3.00 bits per heavy atom. The Morgan fingerprint density at radius 2 is 2.31 bits per heavy atom. The molecule has 0 saturated heterocycles. The van der Waals surface area contributed by atoms with Crippen LogP contribution < -0.4 is 0 Å². The molecule has 1 heterocycles. The first-order chi connectivity index (χ1) is 7.75. The average molecular weight is 218 g/mol. The monoisotopic (exact) mass is 218 g/mol. The largest absolute Gasteiger partial charge is 0.276 e. The van der Waals surface area contributed by atoms with E-state index in [0.29, 0.717) is 12.8 Å². The first kappa shape index (κ1) is 10.5. The minimum Gasteiger partial charge on any atom is -0.276 e. The summed E-state index contributed by atoms with van der Waals surface area (Å²) >= 11 is 0. The first-order valence-corrected chi connectivity index (χ1v) is 5.01. The molecule has 0 aliphatic carbocycles.